The van der Waals surface area contributed by atoms with Gasteiger partial charge in [-0.2, -0.15) is 0 Å². The lowest BCUT2D eigenvalue weighted by Crippen LogP contribution is -2.11. The third-order valence-corrected chi connectivity index (χ3v) is 5.41. The summed E-state index contributed by atoms with van der Waals surface area (Å²) in [5.41, 5.74) is 0. The lowest BCUT2D eigenvalue weighted by atomic mass is 10.2. The highest BCUT2D eigenvalue weighted by molar-refractivity contribution is 7.48. The summed E-state index contributed by atoms with van der Waals surface area (Å²) >= 11 is 0. The minimum absolute atomic E-state index is 0.0619. The normalized spacial score (nSPS) is 20.1. The van der Waals surface area contributed by atoms with Gasteiger partial charge in [0.25, 0.3) is 0 Å². The van der Waals surface area contributed by atoms with Gasteiger partial charge in [0.1, 0.15) is 0 Å². The van der Waals surface area contributed by atoms with E-state index in [2.05, 4.69) is 27.1 Å². The van der Waals surface area contributed by atoms with Gasteiger partial charge in [0.05, 0.1) is 39.6 Å². The predicted molar refractivity (Wildman–Crippen MR) is 87.1 cm³/mol. The van der Waals surface area contributed by atoms with Crippen LogP contribution in [0.25, 0.3) is 0 Å². The molecule has 4 atom stereocenters. The molecule has 0 aromatic rings. The first kappa shape index (κ1) is 26.3. The molecule has 0 aromatic heterocycles. The zero-order valence-electron chi connectivity index (χ0n) is 14.3. The summed E-state index contributed by atoms with van der Waals surface area (Å²) < 4.78 is 60.9. The average molecular weight is 446 g/mol. The standard InChI is InChI=1S/C10H25O13P3/c1-3-18-24(12,13)19-4-5-20-25(14,15)21-6-7-22-26(16,17)23-9-10(2)8-11/h10-11H,3-9H2,1-2H3,(H,12,13)(H,14,15)(H,16,17). The molecule has 0 fully saturated rings. The van der Waals surface area contributed by atoms with E-state index >= 15 is 0 Å². The van der Waals surface area contributed by atoms with E-state index in [0.717, 1.165) is 0 Å². The Labute approximate surface area is 151 Å². The highest BCUT2D eigenvalue weighted by Gasteiger charge is 2.25. The second-order valence-electron chi connectivity index (χ2n) is 4.74. The van der Waals surface area contributed by atoms with Crippen LogP contribution in [-0.2, 0) is 40.8 Å². The maximum atomic E-state index is 11.5. The first-order valence-corrected chi connectivity index (χ1v) is 11.9. The van der Waals surface area contributed by atoms with E-state index in [0.29, 0.717) is 0 Å². The molecular formula is C10H25O13P3. The molecule has 0 heterocycles. The minimum Gasteiger partial charge on any atom is -0.396 e. The van der Waals surface area contributed by atoms with Gasteiger partial charge in [-0.05, 0) is 6.92 Å². The number of aliphatic hydroxyl groups is 1. The van der Waals surface area contributed by atoms with Crippen LogP contribution in [0.5, 0.6) is 0 Å². The first-order valence-electron chi connectivity index (χ1n) is 7.39. The number of phosphoric ester groups is 3. The van der Waals surface area contributed by atoms with E-state index in [9.17, 15) is 23.5 Å². The van der Waals surface area contributed by atoms with Crippen LogP contribution in [0.2, 0.25) is 0 Å². The van der Waals surface area contributed by atoms with Crippen LogP contribution in [-0.4, -0.2) is 66.0 Å². The van der Waals surface area contributed by atoms with Gasteiger partial charge >= 0.3 is 23.5 Å². The zero-order chi connectivity index (χ0) is 20.3. The summed E-state index contributed by atoms with van der Waals surface area (Å²) in [6.07, 6.45) is 0. The molecule has 4 unspecified atom stereocenters. The Morgan fingerprint density at radius 2 is 1.08 bits per heavy atom. The number of rotatable bonds is 16. The monoisotopic (exact) mass is 446 g/mol. The van der Waals surface area contributed by atoms with E-state index in [-0.39, 0.29) is 25.7 Å². The van der Waals surface area contributed by atoms with Crippen LogP contribution < -0.4 is 0 Å². The van der Waals surface area contributed by atoms with Crippen LogP contribution in [0, 0.1) is 5.92 Å². The molecule has 4 N–H and O–H groups in total. The predicted octanol–water partition coefficient (Wildman–Crippen LogP) is 1.04. The van der Waals surface area contributed by atoms with Crippen LogP contribution in [0.3, 0.4) is 0 Å². The Kier molecular flexibility index (Phi) is 12.8. The largest absolute Gasteiger partial charge is 0.472 e. The van der Waals surface area contributed by atoms with Gasteiger partial charge in [-0.1, -0.05) is 6.92 Å². The van der Waals surface area contributed by atoms with E-state index in [1.165, 1.54) is 6.92 Å². The van der Waals surface area contributed by atoms with Gasteiger partial charge < -0.3 is 19.8 Å². The molecule has 0 aromatic carbocycles. The maximum absolute atomic E-state index is 11.5. The molecule has 0 bridgehead atoms. The Morgan fingerprint density at radius 1 is 0.731 bits per heavy atom. The van der Waals surface area contributed by atoms with Crippen LogP contribution in [0.15, 0.2) is 0 Å². The summed E-state index contributed by atoms with van der Waals surface area (Å²) in [5, 5.41) is 8.77. The van der Waals surface area contributed by atoms with E-state index < -0.39 is 49.9 Å². The fraction of sp³-hybridized carbons (Fsp3) is 1.00. The van der Waals surface area contributed by atoms with Crippen molar-refractivity contribution >= 4 is 23.5 Å². The quantitative estimate of drug-likeness (QED) is 0.195. The van der Waals surface area contributed by atoms with Gasteiger partial charge in [-0.25, -0.2) is 13.7 Å². The van der Waals surface area contributed by atoms with Crippen molar-refractivity contribution in [2.24, 2.45) is 5.92 Å². The number of hydrogen-bond acceptors (Lipinski definition) is 10. The average Bonchev–Trinajstić information content (AvgIpc) is 2.53. The Hall–Kier alpha value is 0.290. The highest BCUT2D eigenvalue weighted by Crippen LogP contribution is 2.46. The van der Waals surface area contributed by atoms with Gasteiger partial charge in [0.15, 0.2) is 0 Å². The molecule has 26 heavy (non-hydrogen) atoms. The van der Waals surface area contributed by atoms with Crippen molar-refractivity contribution < 1.29 is 60.6 Å². The van der Waals surface area contributed by atoms with E-state index in [4.69, 9.17) is 10.00 Å². The Morgan fingerprint density at radius 3 is 1.42 bits per heavy atom. The molecule has 0 aliphatic heterocycles. The summed E-state index contributed by atoms with van der Waals surface area (Å²) in [4.78, 5) is 27.7. The van der Waals surface area contributed by atoms with E-state index in [1.54, 1.807) is 6.92 Å². The van der Waals surface area contributed by atoms with Crippen LogP contribution >= 0.6 is 23.5 Å². The lowest BCUT2D eigenvalue weighted by Gasteiger charge is -2.16. The third-order valence-electron chi connectivity index (χ3n) is 2.31. The SMILES string of the molecule is CCOP(=O)(O)OCCOP(=O)(O)OCCOP(=O)(O)OCC(C)CO. The van der Waals surface area contributed by atoms with Crippen molar-refractivity contribution in [2.75, 3.05) is 46.2 Å². The third kappa shape index (κ3) is 14.4. The fourth-order valence-electron chi connectivity index (χ4n) is 1.16. The van der Waals surface area contributed by atoms with Crippen molar-refractivity contribution in [3.05, 3.63) is 0 Å². The number of phosphoric acid groups is 3. The molecule has 0 saturated heterocycles. The molecule has 0 rings (SSSR count). The van der Waals surface area contributed by atoms with E-state index in [1.807, 2.05) is 0 Å². The van der Waals surface area contributed by atoms with Crippen molar-refractivity contribution in [1.82, 2.24) is 0 Å². The van der Waals surface area contributed by atoms with Crippen molar-refractivity contribution in [3.8, 4) is 0 Å². The van der Waals surface area contributed by atoms with Crippen molar-refractivity contribution in [3.63, 3.8) is 0 Å². The summed E-state index contributed by atoms with van der Waals surface area (Å²) in [5.74, 6) is -0.374. The minimum atomic E-state index is -4.53. The lowest BCUT2D eigenvalue weighted by molar-refractivity contribution is 0.0817. The first-order chi connectivity index (χ1) is 11.9. The molecule has 13 nitrogen and oxygen atoms in total. The summed E-state index contributed by atoms with van der Waals surface area (Å²) in [6, 6.07) is 0. The van der Waals surface area contributed by atoms with Gasteiger partial charge in [-0.15, -0.1) is 0 Å². The topological polar surface area (TPSA) is 188 Å². The van der Waals surface area contributed by atoms with Crippen LogP contribution in [0.1, 0.15) is 13.8 Å². The Balaban J connectivity index is 3.98. The fourth-order valence-corrected chi connectivity index (χ4v) is 3.37. The molecule has 0 spiro atoms. The maximum Gasteiger partial charge on any atom is 0.472 e. The van der Waals surface area contributed by atoms with Gasteiger partial charge in [0.2, 0.25) is 0 Å². The van der Waals surface area contributed by atoms with Crippen LogP contribution in [0.4, 0.5) is 0 Å². The highest BCUT2D eigenvalue weighted by atomic mass is 31.2. The second-order valence-corrected chi connectivity index (χ2v) is 9.10. The molecule has 0 radical (unpaired) electrons. The van der Waals surface area contributed by atoms with Crippen molar-refractivity contribution in [2.45, 2.75) is 13.8 Å². The molecule has 0 saturated carbocycles. The Bertz CT molecular complexity index is 526. The zero-order valence-corrected chi connectivity index (χ0v) is 17.0. The molecule has 16 heteroatoms. The summed E-state index contributed by atoms with van der Waals surface area (Å²) in [7, 11) is -13.2. The molecular weight excluding hydrogens is 421 g/mol. The number of aliphatic hydroxyl groups excluding tert-OH is 1. The molecule has 0 amide bonds. The second kappa shape index (κ2) is 12.7. The smallest absolute Gasteiger partial charge is 0.396 e. The molecule has 158 valence electrons. The molecule has 0 aliphatic rings. The molecule has 0 aliphatic carbocycles. The number of hydrogen-bond donors (Lipinski definition) is 4. The van der Waals surface area contributed by atoms with Gasteiger partial charge in [0, 0.05) is 12.5 Å². The van der Waals surface area contributed by atoms with Gasteiger partial charge in [-0.3, -0.25) is 27.1 Å². The van der Waals surface area contributed by atoms with Crippen molar-refractivity contribution in [1.29, 1.82) is 0 Å². The summed E-state index contributed by atoms with van der Waals surface area (Å²) in [6.45, 7) is 0.344.